The van der Waals surface area contributed by atoms with Crippen molar-refractivity contribution in [3.05, 3.63) is 48.4 Å². The van der Waals surface area contributed by atoms with Gasteiger partial charge in [-0.3, -0.25) is 9.78 Å². The van der Waals surface area contributed by atoms with Crippen LogP contribution in [-0.4, -0.2) is 73.3 Å². The Bertz CT molecular complexity index is 741. The van der Waals surface area contributed by atoms with Crippen molar-refractivity contribution in [2.45, 2.75) is 0 Å². The Kier molecular flexibility index (Phi) is 4.97. The molecule has 0 N–H and O–H groups in total. The smallest absolute Gasteiger partial charge is 0.255 e. The maximum Gasteiger partial charge on any atom is 0.255 e. The van der Waals surface area contributed by atoms with Gasteiger partial charge in [0.2, 0.25) is 0 Å². The standard InChI is InChI=1S/C19H23N5O2/c25-19(16-13-17(15-20-14-16)22-9-11-26-12-10-22)24-7-5-23(6-8-24)18-3-1-2-4-21-18/h1-4,13-15H,5-12H2. The number of anilines is 2. The highest BCUT2D eigenvalue weighted by Crippen LogP contribution is 2.19. The van der Waals surface area contributed by atoms with E-state index in [2.05, 4.69) is 19.8 Å². The van der Waals surface area contributed by atoms with E-state index in [1.54, 1.807) is 12.4 Å². The average molecular weight is 353 g/mol. The van der Waals surface area contributed by atoms with Gasteiger partial charge in [-0.05, 0) is 18.2 Å². The summed E-state index contributed by atoms with van der Waals surface area (Å²) in [5, 5.41) is 0. The van der Waals surface area contributed by atoms with Crippen molar-refractivity contribution in [3.8, 4) is 0 Å². The number of morpholine rings is 1. The molecule has 7 heteroatoms. The van der Waals surface area contributed by atoms with E-state index >= 15 is 0 Å². The zero-order valence-corrected chi connectivity index (χ0v) is 14.8. The third-order valence-electron chi connectivity index (χ3n) is 4.89. The maximum atomic E-state index is 12.9. The molecule has 0 saturated carbocycles. The largest absolute Gasteiger partial charge is 0.378 e. The number of carbonyl (C=O) groups excluding carboxylic acids is 1. The van der Waals surface area contributed by atoms with Gasteiger partial charge in [-0.1, -0.05) is 6.07 Å². The number of rotatable bonds is 3. The van der Waals surface area contributed by atoms with E-state index in [1.807, 2.05) is 35.4 Å². The molecule has 26 heavy (non-hydrogen) atoms. The second-order valence-corrected chi connectivity index (χ2v) is 6.50. The van der Waals surface area contributed by atoms with Gasteiger partial charge >= 0.3 is 0 Å². The molecule has 0 atom stereocenters. The van der Waals surface area contributed by atoms with Gasteiger partial charge in [-0.15, -0.1) is 0 Å². The summed E-state index contributed by atoms with van der Waals surface area (Å²) in [5.41, 5.74) is 1.64. The van der Waals surface area contributed by atoms with Crippen molar-refractivity contribution in [2.24, 2.45) is 0 Å². The lowest BCUT2D eigenvalue weighted by Crippen LogP contribution is -2.49. The Balaban J connectivity index is 1.40. The Morgan fingerprint density at radius 2 is 1.77 bits per heavy atom. The van der Waals surface area contributed by atoms with Crippen molar-refractivity contribution in [1.82, 2.24) is 14.9 Å². The van der Waals surface area contributed by atoms with Gasteiger partial charge in [0.25, 0.3) is 5.91 Å². The molecule has 136 valence electrons. The van der Waals surface area contributed by atoms with Crippen LogP contribution in [0.5, 0.6) is 0 Å². The van der Waals surface area contributed by atoms with E-state index in [-0.39, 0.29) is 5.91 Å². The second kappa shape index (κ2) is 7.70. The average Bonchev–Trinajstić information content (AvgIpc) is 2.75. The Morgan fingerprint density at radius 1 is 0.962 bits per heavy atom. The number of amides is 1. The predicted octanol–water partition coefficient (Wildman–Crippen LogP) is 1.28. The Morgan fingerprint density at radius 3 is 2.50 bits per heavy atom. The molecule has 0 aliphatic carbocycles. The number of pyridine rings is 2. The molecule has 4 heterocycles. The number of aromatic nitrogens is 2. The van der Waals surface area contributed by atoms with Crippen LogP contribution >= 0.6 is 0 Å². The summed E-state index contributed by atoms with van der Waals surface area (Å²) in [7, 11) is 0. The molecule has 4 rings (SSSR count). The summed E-state index contributed by atoms with van der Waals surface area (Å²) in [5.74, 6) is 1.02. The molecule has 2 aliphatic rings. The Hall–Kier alpha value is -2.67. The second-order valence-electron chi connectivity index (χ2n) is 6.50. The molecule has 0 aromatic carbocycles. The fourth-order valence-corrected chi connectivity index (χ4v) is 3.40. The van der Waals surface area contributed by atoms with Gasteiger partial charge < -0.3 is 19.4 Å². The van der Waals surface area contributed by atoms with Crippen LogP contribution in [-0.2, 0) is 4.74 Å². The number of piperazine rings is 1. The maximum absolute atomic E-state index is 12.9. The first-order chi connectivity index (χ1) is 12.8. The fourth-order valence-electron chi connectivity index (χ4n) is 3.40. The minimum atomic E-state index is 0.0493. The number of hydrogen-bond acceptors (Lipinski definition) is 6. The van der Waals surface area contributed by atoms with Gasteiger partial charge in [0, 0.05) is 51.7 Å². The van der Waals surface area contributed by atoms with Crippen molar-refractivity contribution in [1.29, 1.82) is 0 Å². The normalized spacial score (nSPS) is 18.1. The molecule has 2 aliphatic heterocycles. The highest BCUT2D eigenvalue weighted by Gasteiger charge is 2.23. The highest BCUT2D eigenvalue weighted by molar-refractivity contribution is 5.95. The third kappa shape index (κ3) is 3.62. The molecule has 2 aromatic rings. The number of nitrogens with zero attached hydrogens (tertiary/aromatic N) is 5. The lowest BCUT2D eigenvalue weighted by Gasteiger charge is -2.35. The van der Waals surface area contributed by atoms with Gasteiger partial charge in [0.1, 0.15) is 5.82 Å². The predicted molar refractivity (Wildman–Crippen MR) is 99.6 cm³/mol. The van der Waals surface area contributed by atoms with E-state index in [9.17, 15) is 4.79 Å². The van der Waals surface area contributed by atoms with Crippen LogP contribution in [0.1, 0.15) is 10.4 Å². The molecular weight excluding hydrogens is 330 g/mol. The van der Waals surface area contributed by atoms with E-state index in [4.69, 9.17) is 4.74 Å². The van der Waals surface area contributed by atoms with Gasteiger partial charge in [-0.25, -0.2) is 4.98 Å². The minimum Gasteiger partial charge on any atom is -0.378 e. The zero-order valence-electron chi connectivity index (χ0n) is 14.8. The van der Waals surface area contributed by atoms with Gasteiger partial charge in [-0.2, -0.15) is 0 Å². The summed E-state index contributed by atoms with van der Waals surface area (Å²) in [6.07, 6.45) is 5.29. The van der Waals surface area contributed by atoms with E-state index < -0.39 is 0 Å². The highest BCUT2D eigenvalue weighted by atomic mass is 16.5. The fraction of sp³-hybridized carbons (Fsp3) is 0.421. The molecule has 0 radical (unpaired) electrons. The minimum absolute atomic E-state index is 0.0493. The zero-order chi connectivity index (χ0) is 17.8. The summed E-state index contributed by atoms with van der Waals surface area (Å²) in [6.45, 7) is 6.07. The van der Waals surface area contributed by atoms with Crippen molar-refractivity contribution < 1.29 is 9.53 Å². The number of carbonyl (C=O) groups is 1. The van der Waals surface area contributed by atoms with Crippen LogP contribution in [0.25, 0.3) is 0 Å². The van der Waals surface area contributed by atoms with Gasteiger partial charge in [0.05, 0.1) is 30.7 Å². The van der Waals surface area contributed by atoms with E-state index in [0.29, 0.717) is 31.9 Å². The van der Waals surface area contributed by atoms with Crippen LogP contribution in [0.3, 0.4) is 0 Å². The summed E-state index contributed by atoms with van der Waals surface area (Å²) < 4.78 is 5.39. The molecular formula is C19H23N5O2. The first kappa shape index (κ1) is 16.8. The lowest BCUT2D eigenvalue weighted by atomic mass is 10.2. The molecule has 2 saturated heterocycles. The molecule has 1 amide bonds. The van der Waals surface area contributed by atoms with E-state index in [0.717, 1.165) is 37.7 Å². The van der Waals surface area contributed by atoms with Crippen molar-refractivity contribution in [2.75, 3.05) is 62.3 Å². The molecule has 7 nitrogen and oxygen atoms in total. The molecule has 0 unspecified atom stereocenters. The number of hydrogen-bond donors (Lipinski definition) is 0. The summed E-state index contributed by atoms with van der Waals surface area (Å²) in [4.78, 5) is 27.9. The van der Waals surface area contributed by atoms with E-state index in [1.165, 1.54) is 0 Å². The molecule has 2 aromatic heterocycles. The SMILES string of the molecule is O=C(c1cncc(N2CCOCC2)c1)N1CCN(c2ccccn2)CC1. The van der Waals surface area contributed by atoms with Crippen molar-refractivity contribution in [3.63, 3.8) is 0 Å². The molecule has 0 spiro atoms. The van der Waals surface area contributed by atoms with Crippen molar-refractivity contribution >= 4 is 17.4 Å². The third-order valence-corrected chi connectivity index (χ3v) is 4.89. The molecule has 2 fully saturated rings. The molecule has 0 bridgehead atoms. The monoisotopic (exact) mass is 353 g/mol. The first-order valence-electron chi connectivity index (χ1n) is 9.04. The lowest BCUT2D eigenvalue weighted by molar-refractivity contribution is 0.0746. The number of ether oxygens (including phenoxy) is 1. The van der Waals surface area contributed by atoms with Crippen LogP contribution in [0.4, 0.5) is 11.5 Å². The summed E-state index contributed by atoms with van der Waals surface area (Å²) >= 11 is 0. The van der Waals surface area contributed by atoms with Crippen LogP contribution in [0.15, 0.2) is 42.9 Å². The van der Waals surface area contributed by atoms with Crippen LogP contribution in [0, 0.1) is 0 Å². The quantitative estimate of drug-likeness (QED) is 0.828. The van der Waals surface area contributed by atoms with Crippen LogP contribution in [0.2, 0.25) is 0 Å². The first-order valence-corrected chi connectivity index (χ1v) is 9.04. The van der Waals surface area contributed by atoms with Gasteiger partial charge in [0.15, 0.2) is 0 Å². The van der Waals surface area contributed by atoms with Crippen LogP contribution < -0.4 is 9.80 Å². The topological polar surface area (TPSA) is 61.8 Å². The Labute approximate surface area is 153 Å². The summed E-state index contributed by atoms with van der Waals surface area (Å²) in [6, 6.07) is 7.86.